The van der Waals surface area contributed by atoms with Crippen LogP contribution < -0.4 is 11.1 Å². The fourth-order valence-electron chi connectivity index (χ4n) is 2.09. The Labute approximate surface area is 132 Å². The molecular formula is C13H28ClN3O2S. The third-order valence-corrected chi connectivity index (χ3v) is 4.18. The molecular weight excluding hydrogens is 298 g/mol. The molecule has 1 rings (SSSR count). The lowest BCUT2D eigenvalue weighted by Crippen LogP contribution is -2.56. The van der Waals surface area contributed by atoms with Crippen molar-refractivity contribution < 1.29 is 9.53 Å². The minimum atomic E-state index is -0.395. The molecule has 0 saturated carbocycles. The van der Waals surface area contributed by atoms with Gasteiger partial charge in [0.05, 0.1) is 19.3 Å². The molecule has 1 saturated heterocycles. The Kier molecular flexibility index (Phi) is 9.84. The first kappa shape index (κ1) is 20.0. The number of rotatable bonds is 7. The van der Waals surface area contributed by atoms with E-state index in [1.54, 1.807) is 11.8 Å². The number of thioether (sulfide) groups is 1. The van der Waals surface area contributed by atoms with Crippen LogP contribution in [-0.4, -0.2) is 67.2 Å². The van der Waals surface area contributed by atoms with Gasteiger partial charge in [-0.1, -0.05) is 0 Å². The average Bonchev–Trinajstić information content (AvgIpc) is 2.43. The van der Waals surface area contributed by atoms with Crippen LogP contribution in [0, 0.1) is 0 Å². The Hall–Kier alpha value is -0.0100. The standard InChI is InChI=1S/C13H27N3O2S.ClH/c1-13(2,16-5-7-18-8-6-16)10-15-12(17)11(14)4-9-19-3;/h11H,4-10,14H2,1-3H3,(H,15,17);1H/t11-;/m0./s1. The molecule has 120 valence electrons. The van der Waals surface area contributed by atoms with Crippen LogP contribution in [0.15, 0.2) is 0 Å². The summed E-state index contributed by atoms with van der Waals surface area (Å²) in [6, 6.07) is -0.395. The molecule has 1 fully saturated rings. The van der Waals surface area contributed by atoms with E-state index in [9.17, 15) is 4.79 Å². The first-order chi connectivity index (χ1) is 8.97. The van der Waals surface area contributed by atoms with Gasteiger partial charge in [-0.15, -0.1) is 12.4 Å². The molecule has 0 radical (unpaired) electrons. The predicted molar refractivity (Wildman–Crippen MR) is 87.7 cm³/mol. The normalized spacial score (nSPS) is 18.2. The summed E-state index contributed by atoms with van der Waals surface area (Å²) in [7, 11) is 0. The predicted octanol–water partition coefficient (Wildman–Crippen LogP) is 0.716. The molecule has 5 nitrogen and oxygen atoms in total. The summed E-state index contributed by atoms with van der Waals surface area (Å²) in [5, 5.41) is 2.97. The number of amides is 1. The highest BCUT2D eigenvalue weighted by Crippen LogP contribution is 2.15. The minimum absolute atomic E-state index is 0. The maximum Gasteiger partial charge on any atom is 0.237 e. The monoisotopic (exact) mass is 325 g/mol. The van der Waals surface area contributed by atoms with Gasteiger partial charge in [0.15, 0.2) is 0 Å². The van der Waals surface area contributed by atoms with Gasteiger partial charge >= 0.3 is 0 Å². The van der Waals surface area contributed by atoms with Gasteiger partial charge in [-0.3, -0.25) is 9.69 Å². The second kappa shape index (κ2) is 9.84. The molecule has 1 amide bonds. The molecule has 0 unspecified atom stereocenters. The number of halogens is 1. The molecule has 1 atom stereocenters. The third kappa shape index (κ3) is 6.63. The molecule has 0 spiro atoms. The molecule has 3 N–H and O–H groups in total. The van der Waals surface area contributed by atoms with Crippen molar-refractivity contribution in [3.05, 3.63) is 0 Å². The van der Waals surface area contributed by atoms with Crippen LogP contribution in [0.3, 0.4) is 0 Å². The molecule has 0 aromatic rings. The summed E-state index contributed by atoms with van der Waals surface area (Å²) >= 11 is 1.71. The molecule has 0 aliphatic carbocycles. The maximum absolute atomic E-state index is 11.9. The Balaban J connectivity index is 0.00000361. The van der Waals surface area contributed by atoms with Crippen LogP contribution in [0.5, 0.6) is 0 Å². The number of carbonyl (C=O) groups excluding carboxylic acids is 1. The highest BCUT2D eigenvalue weighted by atomic mass is 35.5. The lowest BCUT2D eigenvalue weighted by Gasteiger charge is -2.41. The van der Waals surface area contributed by atoms with Gasteiger partial charge in [-0.25, -0.2) is 0 Å². The van der Waals surface area contributed by atoms with Crippen molar-refractivity contribution in [2.75, 3.05) is 44.9 Å². The third-order valence-electron chi connectivity index (χ3n) is 3.53. The fraction of sp³-hybridized carbons (Fsp3) is 0.923. The average molecular weight is 326 g/mol. The molecule has 0 bridgehead atoms. The Bertz CT molecular complexity index is 287. The largest absolute Gasteiger partial charge is 0.379 e. The van der Waals surface area contributed by atoms with E-state index in [0.29, 0.717) is 6.54 Å². The van der Waals surface area contributed by atoms with E-state index in [1.165, 1.54) is 0 Å². The van der Waals surface area contributed by atoms with E-state index < -0.39 is 6.04 Å². The second-order valence-electron chi connectivity index (χ2n) is 5.52. The van der Waals surface area contributed by atoms with E-state index in [0.717, 1.165) is 38.5 Å². The van der Waals surface area contributed by atoms with Gasteiger partial charge in [0.1, 0.15) is 0 Å². The lowest BCUT2D eigenvalue weighted by molar-refractivity contribution is -0.123. The van der Waals surface area contributed by atoms with Crippen LogP contribution in [-0.2, 0) is 9.53 Å². The minimum Gasteiger partial charge on any atom is -0.379 e. The summed E-state index contributed by atoms with van der Waals surface area (Å²) in [5.41, 5.74) is 5.80. The highest BCUT2D eigenvalue weighted by Gasteiger charge is 2.29. The van der Waals surface area contributed by atoms with Gasteiger partial charge in [0, 0.05) is 25.2 Å². The van der Waals surface area contributed by atoms with Crippen molar-refractivity contribution in [2.45, 2.75) is 31.8 Å². The quantitative estimate of drug-likeness (QED) is 0.722. The summed E-state index contributed by atoms with van der Waals surface area (Å²) in [5.74, 6) is 0.872. The van der Waals surface area contributed by atoms with Crippen molar-refractivity contribution in [1.29, 1.82) is 0 Å². The number of nitrogens with two attached hydrogens (primary N) is 1. The number of ether oxygens (including phenoxy) is 1. The van der Waals surface area contributed by atoms with Crippen molar-refractivity contribution in [3.8, 4) is 0 Å². The summed E-state index contributed by atoms with van der Waals surface area (Å²) in [6.45, 7) is 8.29. The van der Waals surface area contributed by atoms with Crippen molar-refractivity contribution in [2.24, 2.45) is 5.73 Å². The Morgan fingerprint density at radius 1 is 1.45 bits per heavy atom. The van der Waals surface area contributed by atoms with E-state index in [-0.39, 0.29) is 23.9 Å². The fourth-order valence-corrected chi connectivity index (χ4v) is 2.58. The first-order valence-corrected chi connectivity index (χ1v) is 8.22. The molecule has 0 aromatic heterocycles. The van der Waals surface area contributed by atoms with Crippen LogP contribution in [0.2, 0.25) is 0 Å². The van der Waals surface area contributed by atoms with Crippen LogP contribution in [0.4, 0.5) is 0 Å². The van der Waals surface area contributed by atoms with E-state index in [2.05, 4.69) is 24.1 Å². The number of nitrogens with zero attached hydrogens (tertiary/aromatic N) is 1. The number of hydrogen-bond donors (Lipinski definition) is 2. The second-order valence-corrected chi connectivity index (χ2v) is 6.50. The SMILES string of the molecule is CSCC[C@H](N)C(=O)NCC(C)(C)N1CCOCC1.Cl. The van der Waals surface area contributed by atoms with Crippen molar-refractivity contribution in [1.82, 2.24) is 10.2 Å². The summed E-state index contributed by atoms with van der Waals surface area (Å²) in [6.07, 6.45) is 2.75. The number of carbonyl (C=O) groups is 1. The molecule has 0 aromatic carbocycles. The topological polar surface area (TPSA) is 67.6 Å². The Morgan fingerprint density at radius 2 is 2.05 bits per heavy atom. The van der Waals surface area contributed by atoms with Gasteiger partial charge in [0.2, 0.25) is 5.91 Å². The van der Waals surface area contributed by atoms with Crippen LogP contribution in [0.1, 0.15) is 20.3 Å². The van der Waals surface area contributed by atoms with Gasteiger partial charge in [0.25, 0.3) is 0 Å². The van der Waals surface area contributed by atoms with E-state index >= 15 is 0 Å². The van der Waals surface area contributed by atoms with Crippen molar-refractivity contribution >= 4 is 30.1 Å². The molecule has 1 aliphatic heterocycles. The summed E-state index contributed by atoms with van der Waals surface area (Å²) in [4.78, 5) is 14.2. The lowest BCUT2D eigenvalue weighted by atomic mass is 10.0. The zero-order chi connectivity index (χ0) is 14.3. The van der Waals surface area contributed by atoms with E-state index in [1.807, 2.05) is 6.26 Å². The zero-order valence-corrected chi connectivity index (χ0v) is 14.3. The smallest absolute Gasteiger partial charge is 0.237 e. The van der Waals surface area contributed by atoms with E-state index in [4.69, 9.17) is 10.5 Å². The molecule has 1 heterocycles. The van der Waals surface area contributed by atoms with Gasteiger partial charge in [-0.2, -0.15) is 11.8 Å². The Morgan fingerprint density at radius 3 is 2.60 bits per heavy atom. The number of hydrogen-bond acceptors (Lipinski definition) is 5. The number of nitrogens with one attached hydrogen (secondary N) is 1. The maximum atomic E-state index is 11.9. The summed E-state index contributed by atoms with van der Waals surface area (Å²) < 4.78 is 5.35. The van der Waals surface area contributed by atoms with Crippen LogP contribution in [0.25, 0.3) is 0 Å². The molecule has 20 heavy (non-hydrogen) atoms. The van der Waals surface area contributed by atoms with Crippen molar-refractivity contribution in [3.63, 3.8) is 0 Å². The zero-order valence-electron chi connectivity index (χ0n) is 12.7. The van der Waals surface area contributed by atoms with Gasteiger partial charge < -0.3 is 15.8 Å². The molecule has 7 heteroatoms. The molecule has 1 aliphatic rings. The first-order valence-electron chi connectivity index (χ1n) is 6.82. The van der Waals surface area contributed by atoms with Crippen LogP contribution >= 0.6 is 24.2 Å². The highest BCUT2D eigenvalue weighted by molar-refractivity contribution is 7.98. The number of morpholine rings is 1. The van der Waals surface area contributed by atoms with Gasteiger partial charge in [-0.05, 0) is 32.3 Å².